The van der Waals surface area contributed by atoms with Gasteiger partial charge in [0.25, 0.3) is 0 Å². The van der Waals surface area contributed by atoms with E-state index in [1.807, 2.05) is 16.8 Å². The predicted octanol–water partition coefficient (Wildman–Crippen LogP) is 2.06. The lowest BCUT2D eigenvalue weighted by atomic mass is 10.3. The van der Waals surface area contributed by atoms with Crippen LogP contribution >= 0.6 is 22.7 Å². The van der Waals surface area contributed by atoms with Crippen LogP contribution in [-0.2, 0) is 11.3 Å². The molecule has 3 heterocycles. The number of ether oxygens (including phenoxy) is 1. The van der Waals surface area contributed by atoms with Crippen LogP contribution < -0.4 is 10.6 Å². The fraction of sp³-hybridized carbons (Fsp3) is 0.214. The molecule has 8 nitrogen and oxygen atoms in total. The maximum atomic E-state index is 12.1. The molecule has 0 radical (unpaired) electrons. The minimum atomic E-state index is -0.530. The molecule has 124 valence electrons. The van der Waals surface area contributed by atoms with E-state index in [-0.39, 0.29) is 24.1 Å². The average molecular weight is 362 g/mol. The molecular formula is C14H14N6O2S2. The third kappa shape index (κ3) is 3.66. The normalized spacial score (nSPS) is 10.6. The van der Waals surface area contributed by atoms with Crippen molar-refractivity contribution >= 4 is 40.5 Å². The molecule has 24 heavy (non-hydrogen) atoms. The van der Waals surface area contributed by atoms with Crippen LogP contribution in [0.1, 0.15) is 16.3 Å². The topological polar surface area (TPSA) is 107 Å². The minimum Gasteiger partial charge on any atom is -0.453 e. The number of nitrogens with two attached hydrogens (primary N) is 1. The molecule has 0 aliphatic carbocycles. The number of rotatable bonds is 5. The Bertz CT molecular complexity index is 847. The summed E-state index contributed by atoms with van der Waals surface area (Å²) in [4.78, 5) is 30.2. The fourth-order valence-corrected chi connectivity index (χ4v) is 3.28. The van der Waals surface area contributed by atoms with Crippen molar-refractivity contribution in [2.24, 2.45) is 0 Å². The van der Waals surface area contributed by atoms with E-state index < -0.39 is 5.97 Å². The zero-order valence-corrected chi connectivity index (χ0v) is 14.6. The summed E-state index contributed by atoms with van der Waals surface area (Å²) in [6.07, 6.45) is 0. The summed E-state index contributed by atoms with van der Waals surface area (Å²) in [7, 11) is 3.57. The van der Waals surface area contributed by atoms with E-state index in [1.54, 1.807) is 35.7 Å². The van der Waals surface area contributed by atoms with E-state index in [1.165, 1.54) is 11.3 Å². The van der Waals surface area contributed by atoms with Gasteiger partial charge in [-0.05, 0) is 11.4 Å². The van der Waals surface area contributed by atoms with Crippen LogP contribution in [0.25, 0.3) is 10.6 Å². The van der Waals surface area contributed by atoms with Gasteiger partial charge < -0.3 is 15.4 Å². The number of nitrogens with zero attached hydrogens (tertiary/aromatic N) is 5. The number of hydrogen-bond donors (Lipinski definition) is 1. The zero-order chi connectivity index (χ0) is 17.1. The second kappa shape index (κ2) is 6.89. The molecule has 2 N–H and O–H groups in total. The van der Waals surface area contributed by atoms with Gasteiger partial charge >= 0.3 is 5.97 Å². The monoisotopic (exact) mass is 362 g/mol. The van der Waals surface area contributed by atoms with Gasteiger partial charge in [0.1, 0.15) is 5.01 Å². The van der Waals surface area contributed by atoms with Gasteiger partial charge in [-0.1, -0.05) is 0 Å². The first-order valence-electron chi connectivity index (χ1n) is 6.86. The van der Waals surface area contributed by atoms with Crippen molar-refractivity contribution in [1.82, 2.24) is 19.9 Å². The molecular weight excluding hydrogens is 348 g/mol. The second-order valence-electron chi connectivity index (χ2n) is 4.93. The predicted molar refractivity (Wildman–Crippen MR) is 93.1 cm³/mol. The second-order valence-corrected chi connectivity index (χ2v) is 6.57. The van der Waals surface area contributed by atoms with Crippen LogP contribution in [0.2, 0.25) is 0 Å². The Morgan fingerprint density at radius 2 is 2.08 bits per heavy atom. The van der Waals surface area contributed by atoms with Crippen LogP contribution in [0.3, 0.4) is 0 Å². The first-order chi connectivity index (χ1) is 11.5. The van der Waals surface area contributed by atoms with Crippen LogP contribution in [0, 0.1) is 0 Å². The first-order valence-corrected chi connectivity index (χ1v) is 8.68. The lowest BCUT2D eigenvalue weighted by molar-refractivity contribution is 0.0456. The quantitative estimate of drug-likeness (QED) is 0.687. The maximum Gasteiger partial charge on any atom is 0.358 e. The van der Waals surface area contributed by atoms with Crippen LogP contribution in [0.4, 0.5) is 11.9 Å². The minimum absolute atomic E-state index is 0.0770. The highest BCUT2D eigenvalue weighted by Gasteiger charge is 2.15. The number of thiazole rings is 1. The summed E-state index contributed by atoms with van der Waals surface area (Å²) in [5.74, 6) is 0.237. The Morgan fingerprint density at radius 1 is 1.25 bits per heavy atom. The Labute approximate surface area is 146 Å². The number of anilines is 2. The van der Waals surface area contributed by atoms with E-state index in [9.17, 15) is 4.79 Å². The van der Waals surface area contributed by atoms with Gasteiger partial charge in [-0.25, -0.2) is 9.78 Å². The third-order valence-corrected chi connectivity index (χ3v) is 4.48. The van der Waals surface area contributed by atoms with Gasteiger partial charge in [-0.3, -0.25) is 0 Å². The highest BCUT2D eigenvalue weighted by molar-refractivity contribution is 7.14. The summed E-state index contributed by atoms with van der Waals surface area (Å²) in [5, 5.41) is 6.39. The Morgan fingerprint density at radius 3 is 2.79 bits per heavy atom. The zero-order valence-electron chi connectivity index (χ0n) is 13.0. The molecule has 3 aromatic rings. The molecule has 0 saturated heterocycles. The standard InChI is InChI=1S/C14H14N6O2S2/c1-20(2)14-18-10(17-13(15)19-14)5-22-12(21)9-7-24-11(16-9)8-3-4-23-6-8/h3-4,6-7H,5H2,1-2H3,(H2,15,17,18,19). The van der Waals surface area contributed by atoms with Crippen molar-refractivity contribution in [2.75, 3.05) is 24.7 Å². The average Bonchev–Trinajstić information content (AvgIpc) is 3.22. The van der Waals surface area contributed by atoms with Crippen molar-refractivity contribution in [3.05, 3.63) is 33.7 Å². The highest BCUT2D eigenvalue weighted by atomic mass is 32.1. The fourth-order valence-electron chi connectivity index (χ4n) is 1.78. The summed E-state index contributed by atoms with van der Waals surface area (Å²) >= 11 is 2.97. The lowest BCUT2D eigenvalue weighted by Crippen LogP contribution is -2.17. The SMILES string of the molecule is CN(C)c1nc(N)nc(COC(=O)c2csc(-c3ccsc3)n2)n1. The van der Waals surface area contributed by atoms with Crippen LogP contribution in [0.5, 0.6) is 0 Å². The highest BCUT2D eigenvalue weighted by Crippen LogP contribution is 2.26. The molecule has 10 heteroatoms. The Kier molecular flexibility index (Phi) is 4.67. The number of carbonyl (C=O) groups excluding carboxylic acids is 1. The number of thiophene rings is 1. The van der Waals surface area contributed by atoms with E-state index in [0.29, 0.717) is 5.95 Å². The lowest BCUT2D eigenvalue weighted by Gasteiger charge is -2.11. The molecule has 0 unspecified atom stereocenters. The molecule has 0 aliphatic heterocycles. The molecule has 3 aromatic heterocycles. The van der Waals surface area contributed by atoms with Crippen LogP contribution in [0.15, 0.2) is 22.2 Å². The van der Waals surface area contributed by atoms with E-state index >= 15 is 0 Å². The van der Waals surface area contributed by atoms with Gasteiger partial charge in [0.05, 0.1) is 0 Å². The van der Waals surface area contributed by atoms with E-state index in [4.69, 9.17) is 10.5 Å². The maximum absolute atomic E-state index is 12.1. The molecule has 0 atom stereocenters. The van der Waals surface area contributed by atoms with Crippen molar-refractivity contribution < 1.29 is 9.53 Å². The number of carbonyl (C=O) groups is 1. The van der Waals surface area contributed by atoms with Crippen molar-refractivity contribution in [3.8, 4) is 10.6 Å². The van der Waals surface area contributed by atoms with Gasteiger partial charge in [0.2, 0.25) is 11.9 Å². The molecule has 0 aliphatic rings. The summed E-state index contributed by atoms with van der Waals surface area (Å²) in [5.41, 5.74) is 6.88. The third-order valence-electron chi connectivity index (χ3n) is 2.90. The Balaban J connectivity index is 1.68. The molecule has 0 fully saturated rings. The molecule has 0 aromatic carbocycles. The summed E-state index contributed by atoms with van der Waals surface area (Å²) in [6.45, 7) is -0.0995. The molecule has 3 rings (SSSR count). The van der Waals surface area contributed by atoms with E-state index in [0.717, 1.165) is 10.6 Å². The number of hydrogen-bond acceptors (Lipinski definition) is 10. The Hall–Kier alpha value is -2.59. The summed E-state index contributed by atoms with van der Waals surface area (Å²) < 4.78 is 5.22. The number of nitrogen functional groups attached to an aromatic ring is 1. The van der Waals surface area contributed by atoms with Crippen LogP contribution in [-0.4, -0.2) is 40.0 Å². The van der Waals surface area contributed by atoms with Crippen molar-refractivity contribution in [2.45, 2.75) is 6.61 Å². The molecule has 0 spiro atoms. The van der Waals surface area contributed by atoms with Crippen molar-refractivity contribution in [3.63, 3.8) is 0 Å². The summed E-state index contributed by atoms with van der Waals surface area (Å²) in [6, 6.07) is 1.95. The molecule has 0 bridgehead atoms. The van der Waals surface area contributed by atoms with Gasteiger partial charge in [0.15, 0.2) is 18.1 Å². The molecule has 0 amide bonds. The van der Waals surface area contributed by atoms with E-state index in [2.05, 4.69) is 19.9 Å². The smallest absolute Gasteiger partial charge is 0.358 e. The first kappa shape index (κ1) is 16.3. The number of aromatic nitrogens is 4. The van der Waals surface area contributed by atoms with Crippen molar-refractivity contribution in [1.29, 1.82) is 0 Å². The molecule has 0 saturated carbocycles. The van der Waals surface area contributed by atoms with Gasteiger partial charge in [-0.15, -0.1) is 11.3 Å². The van der Waals surface area contributed by atoms with Gasteiger partial charge in [-0.2, -0.15) is 26.3 Å². The number of esters is 1. The van der Waals surface area contributed by atoms with Gasteiger partial charge in [0, 0.05) is 30.4 Å². The largest absolute Gasteiger partial charge is 0.453 e.